The highest BCUT2D eigenvalue weighted by Crippen LogP contribution is 2.22. The molecule has 1 aromatic heterocycles. The summed E-state index contributed by atoms with van der Waals surface area (Å²) in [5.41, 5.74) is 3.44. The van der Waals surface area contributed by atoms with E-state index in [2.05, 4.69) is 41.4 Å². The van der Waals surface area contributed by atoms with Crippen LogP contribution in [0.15, 0.2) is 67.0 Å². The monoisotopic (exact) mass is 444 g/mol. The van der Waals surface area contributed by atoms with E-state index in [-0.39, 0.29) is 23.7 Å². The van der Waals surface area contributed by atoms with Gasteiger partial charge in [-0.05, 0) is 30.0 Å². The molecule has 0 unspecified atom stereocenters. The lowest BCUT2D eigenvalue weighted by Crippen LogP contribution is -2.41. The number of rotatable bonds is 6. The Hall–Kier alpha value is -3.41. The average Bonchev–Trinajstić information content (AvgIpc) is 3.18. The first-order chi connectivity index (χ1) is 15.9. The molecule has 0 bridgehead atoms. The molecule has 0 N–H and O–H groups in total. The van der Waals surface area contributed by atoms with E-state index in [1.165, 1.54) is 5.56 Å². The molecule has 6 heteroatoms. The second-order valence-electron chi connectivity index (χ2n) is 9.04. The van der Waals surface area contributed by atoms with Gasteiger partial charge in [-0.2, -0.15) is 0 Å². The van der Waals surface area contributed by atoms with Crippen LogP contribution < -0.4 is 0 Å². The van der Waals surface area contributed by atoms with E-state index in [1.807, 2.05) is 54.8 Å². The number of aromatic nitrogens is 2. The second-order valence-corrected chi connectivity index (χ2v) is 9.04. The fourth-order valence-electron chi connectivity index (χ4n) is 4.51. The number of imidazole rings is 1. The maximum atomic E-state index is 13.3. The number of carbonyl (C=O) groups excluding carboxylic acids is 2. The summed E-state index contributed by atoms with van der Waals surface area (Å²) >= 11 is 0. The number of aryl methyl sites for hydroxylation is 1. The minimum atomic E-state index is -0.244. The molecule has 0 saturated carbocycles. The van der Waals surface area contributed by atoms with Crippen molar-refractivity contribution < 1.29 is 9.59 Å². The summed E-state index contributed by atoms with van der Waals surface area (Å²) < 4.78 is 2.00. The third-order valence-electron chi connectivity index (χ3n) is 6.54. The second kappa shape index (κ2) is 10.0. The number of hydrogen-bond donors (Lipinski definition) is 0. The molecule has 0 spiro atoms. The first kappa shape index (κ1) is 22.8. The molecule has 1 fully saturated rings. The average molecular weight is 445 g/mol. The normalized spacial score (nSPS) is 17.7. The van der Waals surface area contributed by atoms with E-state index >= 15 is 0 Å². The van der Waals surface area contributed by atoms with E-state index in [9.17, 15) is 9.59 Å². The molecular formula is C27H32N4O2. The third-order valence-corrected chi connectivity index (χ3v) is 6.54. The van der Waals surface area contributed by atoms with E-state index in [0.29, 0.717) is 32.6 Å². The molecule has 2 heterocycles. The number of benzene rings is 2. The minimum absolute atomic E-state index is 0.0932. The molecule has 3 aromatic rings. The molecule has 0 aliphatic carbocycles. The molecule has 6 nitrogen and oxygen atoms in total. The molecule has 2 aromatic carbocycles. The van der Waals surface area contributed by atoms with Crippen LogP contribution in [-0.2, 0) is 22.6 Å². The zero-order valence-electron chi connectivity index (χ0n) is 19.6. The number of hydrogen-bond acceptors (Lipinski definition) is 3. The lowest BCUT2D eigenvalue weighted by Gasteiger charge is -2.26. The van der Waals surface area contributed by atoms with Crippen molar-refractivity contribution in [1.82, 2.24) is 19.4 Å². The Kier molecular flexibility index (Phi) is 6.92. The summed E-state index contributed by atoms with van der Waals surface area (Å²) in [6.45, 7) is 6.07. The van der Waals surface area contributed by atoms with Crippen LogP contribution in [0.5, 0.6) is 0 Å². The van der Waals surface area contributed by atoms with E-state index < -0.39 is 0 Å². The standard InChI is InChI=1S/C27H32N4O2/c1-20(18-30-14-13-28-21(30)2)26(32)31-16-15-29(3)27(33)25(19-31)17-22-9-11-24(12-10-22)23-7-5-4-6-8-23/h4-14,20,25H,15-19H2,1-3H3/t20-,25-/m1/s1. The summed E-state index contributed by atoms with van der Waals surface area (Å²) in [4.78, 5) is 34.2. The van der Waals surface area contributed by atoms with Gasteiger partial charge < -0.3 is 14.4 Å². The Morgan fingerprint density at radius 1 is 1.06 bits per heavy atom. The van der Waals surface area contributed by atoms with Crippen molar-refractivity contribution in [2.75, 3.05) is 26.7 Å². The summed E-state index contributed by atoms with van der Waals surface area (Å²) in [5.74, 6) is 0.678. The van der Waals surface area contributed by atoms with Gasteiger partial charge in [0.1, 0.15) is 5.82 Å². The third kappa shape index (κ3) is 5.33. The quantitative estimate of drug-likeness (QED) is 0.583. The zero-order valence-corrected chi connectivity index (χ0v) is 19.6. The Balaban J connectivity index is 1.45. The summed E-state index contributed by atoms with van der Waals surface area (Å²) in [6, 6.07) is 18.7. The number of nitrogens with zero attached hydrogens (tertiary/aromatic N) is 4. The highest BCUT2D eigenvalue weighted by molar-refractivity contribution is 5.83. The molecule has 33 heavy (non-hydrogen) atoms. The van der Waals surface area contributed by atoms with E-state index in [1.54, 1.807) is 11.1 Å². The SMILES string of the molecule is Cc1nccn1C[C@@H](C)C(=O)N1CCN(C)C(=O)[C@H](Cc2ccc(-c3ccccc3)cc2)C1. The fraction of sp³-hybridized carbons (Fsp3) is 0.370. The molecule has 2 atom stereocenters. The van der Waals surface area contributed by atoms with Crippen LogP contribution in [0.2, 0.25) is 0 Å². The van der Waals surface area contributed by atoms with Gasteiger partial charge in [0.25, 0.3) is 0 Å². The first-order valence-corrected chi connectivity index (χ1v) is 11.6. The Labute approximate surface area is 195 Å². The minimum Gasteiger partial charge on any atom is -0.344 e. The largest absolute Gasteiger partial charge is 0.344 e. The van der Waals surface area contributed by atoms with Gasteiger partial charge in [0.15, 0.2) is 0 Å². The van der Waals surface area contributed by atoms with Crippen molar-refractivity contribution >= 4 is 11.8 Å². The van der Waals surface area contributed by atoms with Crippen molar-refractivity contribution in [3.05, 3.63) is 78.4 Å². The Morgan fingerprint density at radius 3 is 2.42 bits per heavy atom. The zero-order chi connectivity index (χ0) is 23.4. The number of amides is 2. The highest BCUT2D eigenvalue weighted by Gasteiger charge is 2.32. The van der Waals surface area contributed by atoms with Gasteiger partial charge in [-0.1, -0.05) is 61.5 Å². The summed E-state index contributed by atoms with van der Waals surface area (Å²) in [5, 5.41) is 0. The lowest BCUT2D eigenvalue weighted by molar-refractivity contribution is -0.136. The fourth-order valence-corrected chi connectivity index (χ4v) is 4.51. The van der Waals surface area contributed by atoms with Crippen LogP contribution in [-0.4, -0.2) is 57.8 Å². The maximum absolute atomic E-state index is 13.3. The molecular weight excluding hydrogens is 412 g/mol. The van der Waals surface area contributed by atoms with Gasteiger partial charge in [0.2, 0.25) is 11.8 Å². The van der Waals surface area contributed by atoms with Crippen molar-refractivity contribution in [3.8, 4) is 11.1 Å². The van der Waals surface area contributed by atoms with Crippen molar-refractivity contribution in [3.63, 3.8) is 0 Å². The van der Waals surface area contributed by atoms with Gasteiger partial charge in [0, 0.05) is 45.6 Å². The van der Waals surface area contributed by atoms with Crippen LogP contribution in [0.1, 0.15) is 18.3 Å². The molecule has 1 saturated heterocycles. The van der Waals surface area contributed by atoms with E-state index in [0.717, 1.165) is 17.0 Å². The number of likely N-dealkylation sites (N-methyl/N-ethyl adjacent to an activating group) is 1. The number of carbonyl (C=O) groups is 2. The lowest BCUT2D eigenvalue weighted by atomic mass is 9.95. The van der Waals surface area contributed by atoms with Crippen LogP contribution in [0.4, 0.5) is 0 Å². The van der Waals surface area contributed by atoms with Crippen LogP contribution in [0, 0.1) is 18.8 Å². The Morgan fingerprint density at radius 2 is 1.76 bits per heavy atom. The smallest absolute Gasteiger partial charge is 0.227 e. The predicted molar refractivity (Wildman–Crippen MR) is 129 cm³/mol. The molecule has 4 rings (SSSR count). The van der Waals surface area contributed by atoms with Crippen molar-refractivity contribution in [1.29, 1.82) is 0 Å². The van der Waals surface area contributed by atoms with Gasteiger partial charge in [-0.15, -0.1) is 0 Å². The molecule has 2 amide bonds. The highest BCUT2D eigenvalue weighted by atomic mass is 16.2. The first-order valence-electron chi connectivity index (χ1n) is 11.6. The molecule has 0 radical (unpaired) electrons. The maximum Gasteiger partial charge on any atom is 0.227 e. The van der Waals surface area contributed by atoms with Crippen LogP contribution in [0.25, 0.3) is 11.1 Å². The van der Waals surface area contributed by atoms with Crippen LogP contribution >= 0.6 is 0 Å². The van der Waals surface area contributed by atoms with Gasteiger partial charge >= 0.3 is 0 Å². The summed E-state index contributed by atoms with van der Waals surface area (Å²) in [6.07, 6.45) is 4.28. The molecule has 1 aliphatic rings. The Bertz CT molecular complexity index is 1090. The molecule has 1 aliphatic heterocycles. The van der Waals surface area contributed by atoms with Crippen LogP contribution in [0.3, 0.4) is 0 Å². The molecule has 172 valence electrons. The summed E-state index contributed by atoms with van der Waals surface area (Å²) in [7, 11) is 1.83. The van der Waals surface area contributed by atoms with Crippen molar-refractivity contribution in [2.24, 2.45) is 11.8 Å². The van der Waals surface area contributed by atoms with Gasteiger partial charge in [-0.3, -0.25) is 9.59 Å². The van der Waals surface area contributed by atoms with E-state index in [4.69, 9.17) is 0 Å². The topological polar surface area (TPSA) is 58.4 Å². The van der Waals surface area contributed by atoms with Gasteiger partial charge in [-0.25, -0.2) is 4.98 Å². The van der Waals surface area contributed by atoms with Crippen molar-refractivity contribution in [2.45, 2.75) is 26.8 Å². The predicted octanol–water partition coefficient (Wildman–Crippen LogP) is 3.65. The van der Waals surface area contributed by atoms with Gasteiger partial charge in [0.05, 0.1) is 11.8 Å².